The van der Waals surface area contributed by atoms with E-state index in [4.69, 9.17) is 11.6 Å². The predicted octanol–water partition coefficient (Wildman–Crippen LogP) is 2.82. The maximum Gasteiger partial charge on any atom is 0.243 e. The molecule has 0 amide bonds. The zero-order chi connectivity index (χ0) is 14.9. The highest BCUT2D eigenvalue weighted by Gasteiger charge is 2.31. The van der Waals surface area contributed by atoms with Crippen molar-refractivity contribution in [3.8, 4) is 0 Å². The molecule has 1 atom stereocenters. The lowest BCUT2D eigenvalue weighted by Gasteiger charge is -2.27. The van der Waals surface area contributed by atoms with E-state index in [0.717, 1.165) is 19.5 Å². The van der Waals surface area contributed by atoms with Crippen molar-refractivity contribution in [1.82, 2.24) is 9.21 Å². The Morgan fingerprint density at radius 3 is 2.70 bits per heavy atom. The second-order valence-corrected chi connectivity index (χ2v) is 8.31. The molecule has 0 saturated carbocycles. The zero-order valence-corrected chi connectivity index (χ0v) is 14.7. The largest absolute Gasteiger partial charge is 0.305 e. The highest BCUT2D eigenvalue weighted by Crippen LogP contribution is 2.28. The number of rotatable bonds is 2. The van der Waals surface area contributed by atoms with Gasteiger partial charge in [-0.15, -0.1) is 0 Å². The smallest absolute Gasteiger partial charge is 0.243 e. The van der Waals surface area contributed by atoms with Crippen LogP contribution in [0.4, 0.5) is 0 Å². The average molecular weight is 382 g/mol. The Morgan fingerprint density at radius 2 is 2.05 bits per heavy atom. The van der Waals surface area contributed by atoms with Crippen LogP contribution in [0.15, 0.2) is 27.6 Å². The summed E-state index contributed by atoms with van der Waals surface area (Å²) in [6, 6.07) is 4.69. The summed E-state index contributed by atoms with van der Waals surface area (Å²) < 4.78 is 27.7. The Bertz CT molecular complexity index is 594. The molecule has 0 aromatic heterocycles. The van der Waals surface area contributed by atoms with Crippen LogP contribution in [0.1, 0.15) is 13.3 Å². The van der Waals surface area contributed by atoms with Gasteiger partial charge in [0, 0.05) is 23.6 Å². The van der Waals surface area contributed by atoms with Crippen molar-refractivity contribution in [2.45, 2.75) is 24.3 Å². The standard InChI is InChI=1S/C13H18BrClN2O2S/c1-10-9-16(2)6-3-7-17(10)20(18,19)11-4-5-13(15)12(14)8-11/h4-5,8,10H,3,6-7,9H2,1-2H3. The quantitative estimate of drug-likeness (QED) is 0.791. The van der Waals surface area contributed by atoms with E-state index in [0.29, 0.717) is 16.0 Å². The third-order valence-electron chi connectivity index (χ3n) is 3.48. The Hall–Kier alpha value is -0.140. The summed E-state index contributed by atoms with van der Waals surface area (Å²) in [5, 5.41) is 0.507. The Balaban J connectivity index is 2.35. The number of benzene rings is 1. The zero-order valence-electron chi connectivity index (χ0n) is 11.5. The number of hydrogen-bond acceptors (Lipinski definition) is 3. The first-order chi connectivity index (χ1) is 9.32. The van der Waals surface area contributed by atoms with Gasteiger partial charge in [-0.05, 0) is 61.1 Å². The fourth-order valence-electron chi connectivity index (χ4n) is 2.48. The maximum absolute atomic E-state index is 12.8. The van der Waals surface area contributed by atoms with E-state index in [-0.39, 0.29) is 10.9 Å². The number of halogens is 2. The molecule has 1 aliphatic rings. The second kappa shape index (κ2) is 6.32. The first-order valence-corrected chi connectivity index (χ1v) is 9.09. The molecule has 1 aromatic rings. The predicted molar refractivity (Wildman–Crippen MR) is 84.6 cm³/mol. The van der Waals surface area contributed by atoms with Crippen LogP contribution in [0.5, 0.6) is 0 Å². The van der Waals surface area contributed by atoms with Gasteiger partial charge in [0.05, 0.1) is 9.92 Å². The Kier molecular flexibility index (Phi) is 5.13. The Labute approximate surface area is 133 Å². The molecule has 1 fully saturated rings. The minimum Gasteiger partial charge on any atom is -0.305 e. The van der Waals surface area contributed by atoms with Crippen molar-refractivity contribution in [2.24, 2.45) is 0 Å². The molecule has 1 unspecified atom stereocenters. The van der Waals surface area contributed by atoms with E-state index in [2.05, 4.69) is 20.8 Å². The summed E-state index contributed by atoms with van der Waals surface area (Å²) in [7, 11) is -1.46. The molecule has 0 radical (unpaired) electrons. The van der Waals surface area contributed by atoms with Crippen molar-refractivity contribution in [1.29, 1.82) is 0 Å². The van der Waals surface area contributed by atoms with Crippen molar-refractivity contribution in [3.63, 3.8) is 0 Å². The minimum atomic E-state index is -3.48. The summed E-state index contributed by atoms with van der Waals surface area (Å²) in [4.78, 5) is 2.45. The monoisotopic (exact) mass is 380 g/mol. The number of sulfonamides is 1. The molecular weight excluding hydrogens is 364 g/mol. The summed E-state index contributed by atoms with van der Waals surface area (Å²) in [6.07, 6.45) is 0.842. The van der Waals surface area contributed by atoms with Crippen LogP contribution in [0.25, 0.3) is 0 Å². The molecule has 2 rings (SSSR count). The highest BCUT2D eigenvalue weighted by atomic mass is 79.9. The van der Waals surface area contributed by atoms with Gasteiger partial charge in [0.15, 0.2) is 0 Å². The molecule has 0 N–H and O–H groups in total. The van der Waals surface area contributed by atoms with Gasteiger partial charge in [-0.3, -0.25) is 0 Å². The summed E-state index contributed by atoms with van der Waals surface area (Å²) in [5.41, 5.74) is 0. The number of likely N-dealkylation sites (N-methyl/N-ethyl adjacent to an activating group) is 1. The minimum absolute atomic E-state index is 0.0399. The molecule has 1 aliphatic heterocycles. The van der Waals surface area contributed by atoms with E-state index in [1.807, 2.05) is 14.0 Å². The van der Waals surface area contributed by atoms with Gasteiger partial charge in [0.1, 0.15) is 0 Å². The molecular formula is C13H18BrClN2O2S. The number of nitrogens with zero attached hydrogens (tertiary/aromatic N) is 2. The van der Waals surface area contributed by atoms with Gasteiger partial charge in [-0.2, -0.15) is 4.31 Å². The van der Waals surface area contributed by atoms with Gasteiger partial charge in [0.25, 0.3) is 0 Å². The van der Waals surface area contributed by atoms with Crippen LogP contribution in [-0.4, -0.2) is 50.3 Å². The van der Waals surface area contributed by atoms with Gasteiger partial charge in [-0.25, -0.2) is 8.42 Å². The fourth-order valence-corrected chi connectivity index (χ4v) is 4.82. The van der Waals surface area contributed by atoms with Crippen LogP contribution < -0.4 is 0 Å². The van der Waals surface area contributed by atoms with E-state index in [9.17, 15) is 8.42 Å². The second-order valence-electron chi connectivity index (χ2n) is 5.16. The lowest BCUT2D eigenvalue weighted by molar-refractivity contribution is 0.290. The van der Waals surface area contributed by atoms with Crippen LogP contribution in [0.3, 0.4) is 0 Å². The highest BCUT2D eigenvalue weighted by molar-refractivity contribution is 9.10. The first kappa shape index (κ1) is 16.2. The molecule has 112 valence electrons. The molecule has 0 spiro atoms. The van der Waals surface area contributed by atoms with Gasteiger partial charge in [-0.1, -0.05) is 11.6 Å². The SMILES string of the molecule is CC1CN(C)CCCN1S(=O)(=O)c1ccc(Cl)c(Br)c1. The molecule has 1 aromatic carbocycles. The normalized spacial score (nSPS) is 22.7. The third-order valence-corrected chi connectivity index (χ3v) is 6.71. The fraction of sp³-hybridized carbons (Fsp3) is 0.538. The first-order valence-electron chi connectivity index (χ1n) is 6.48. The number of hydrogen-bond donors (Lipinski definition) is 0. The van der Waals surface area contributed by atoms with Gasteiger partial charge >= 0.3 is 0 Å². The summed E-state index contributed by atoms with van der Waals surface area (Å²) >= 11 is 9.21. The molecule has 4 nitrogen and oxygen atoms in total. The topological polar surface area (TPSA) is 40.6 Å². The van der Waals surface area contributed by atoms with E-state index in [1.54, 1.807) is 22.5 Å². The maximum atomic E-state index is 12.8. The summed E-state index contributed by atoms with van der Waals surface area (Å²) in [6.45, 7) is 4.16. The van der Waals surface area contributed by atoms with E-state index < -0.39 is 10.0 Å². The van der Waals surface area contributed by atoms with Crippen LogP contribution in [0.2, 0.25) is 5.02 Å². The average Bonchev–Trinajstić information content (AvgIpc) is 2.53. The van der Waals surface area contributed by atoms with Crippen molar-refractivity contribution in [2.75, 3.05) is 26.7 Å². The molecule has 1 saturated heterocycles. The molecule has 0 bridgehead atoms. The van der Waals surface area contributed by atoms with Gasteiger partial charge < -0.3 is 4.90 Å². The lowest BCUT2D eigenvalue weighted by atomic mass is 10.3. The van der Waals surface area contributed by atoms with Crippen molar-refractivity contribution in [3.05, 3.63) is 27.7 Å². The van der Waals surface area contributed by atoms with Crippen molar-refractivity contribution >= 4 is 37.6 Å². The lowest BCUT2D eigenvalue weighted by Crippen LogP contribution is -2.41. The molecule has 1 heterocycles. The van der Waals surface area contributed by atoms with E-state index in [1.165, 1.54) is 0 Å². The van der Waals surface area contributed by atoms with Crippen LogP contribution >= 0.6 is 27.5 Å². The van der Waals surface area contributed by atoms with Crippen LogP contribution in [-0.2, 0) is 10.0 Å². The summed E-state index contributed by atoms with van der Waals surface area (Å²) in [5.74, 6) is 0. The molecule has 20 heavy (non-hydrogen) atoms. The van der Waals surface area contributed by atoms with Crippen molar-refractivity contribution < 1.29 is 8.42 Å². The Morgan fingerprint density at radius 1 is 1.35 bits per heavy atom. The third kappa shape index (κ3) is 3.36. The molecule has 7 heteroatoms. The van der Waals surface area contributed by atoms with Gasteiger partial charge in [0.2, 0.25) is 10.0 Å². The van der Waals surface area contributed by atoms with E-state index >= 15 is 0 Å². The van der Waals surface area contributed by atoms with Crippen LogP contribution in [0, 0.1) is 0 Å². The molecule has 0 aliphatic carbocycles.